The third-order valence-corrected chi connectivity index (χ3v) is 5.19. The Morgan fingerprint density at radius 1 is 1.50 bits per heavy atom. The predicted molar refractivity (Wildman–Crippen MR) is 67.5 cm³/mol. The molecule has 0 bridgehead atoms. The monoisotopic (exact) mass is 270 g/mol. The maximum atomic E-state index is 12.4. The van der Waals surface area contributed by atoms with Gasteiger partial charge < -0.3 is 5.11 Å². The van der Waals surface area contributed by atoms with Gasteiger partial charge in [-0.1, -0.05) is 0 Å². The number of aliphatic hydroxyl groups excluding tert-OH is 1. The normalized spacial score (nSPS) is 21.3. The van der Waals surface area contributed by atoms with Crippen molar-refractivity contribution in [2.45, 2.75) is 36.6 Å². The summed E-state index contributed by atoms with van der Waals surface area (Å²) in [7, 11) is -3.43. The highest BCUT2D eigenvalue weighted by Crippen LogP contribution is 2.27. The third kappa shape index (κ3) is 2.71. The highest BCUT2D eigenvalue weighted by Gasteiger charge is 2.34. The summed E-state index contributed by atoms with van der Waals surface area (Å²) in [5, 5.41) is 8.85. The molecule has 100 valence electrons. The molecule has 1 aromatic rings. The maximum Gasteiger partial charge on any atom is 0.244 e. The molecule has 2 heterocycles. The Balaban J connectivity index is 2.19. The molecule has 0 aromatic carbocycles. The molecule has 1 aromatic heterocycles. The van der Waals surface area contributed by atoms with Crippen molar-refractivity contribution in [2.75, 3.05) is 13.2 Å². The molecule has 1 saturated heterocycles. The average molecular weight is 270 g/mol. The van der Waals surface area contributed by atoms with Crippen LogP contribution in [0, 0.1) is 0 Å². The molecule has 1 unspecified atom stereocenters. The Morgan fingerprint density at radius 2 is 2.33 bits per heavy atom. The van der Waals surface area contributed by atoms with E-state index in [9.17, 15) is 8.42 Å². The van der Waals surface area contributed by atoms with Gasteiger partial charge in [0, 0.05) is 31.6 Å². The van der Waals surface area contributed by atoms with Crippen LogP contribution in [0.2, 0.25) is 0 Å². The molecule has 2 rings (SSSR count). The second-order valence-electron chi connectivity index (χ2n) is 4.47. The summed E-state index contributed by atoms with van der Waals surface area (Å²) in [5.74, 6) is 0. The first-order valence-electron chi connectivity index (χ1n) is 6.19. The standard InChI is InChI=1S/C12H18N2O3S/c15-9-3-5-11-4-2-8-14(11)18(16,17)12-6-1-7-13-10-12/h1,6-7,10-11,15H,2-5,8-9H2. The molecule has 0 amide bonds. The lowest BCUT2D eigenvalue weighted by Crippen LogP contribution is -2.35. The smallest absolute Gasteiger partial charge is 0.244 e. The molecule has 0 spiro atoms. The molecule has 18 heavy (non-hydrogen) atoms. The van der Waals surface area contributed by atoms with Crippen LogP contribution in [0.4, 0.5) is 0 Å². The first-order chi connectivity index (χ1) is 8.66. The predicted octanol–water partition coefficient (Wildman–Crippen LogP) is 1.01. The number of hydrogen-bond donors (Lipinski definition) is 1. The molecule has 5 nitrogen and oxygen atoms in total. The van der Waals surface area contributed by atoms with Crippen LogP contribution in [0.5, 0.6) is 0 Å². The minimum Gasteiger partial charge on any atom is -0.396 e. The second-order valence-corrected chi connectivity index (χ2v) is 6.36. The van der Waals surface area contributed by atoms with Crippen molar-refractivity contribution in [3.8, 4) is 0 Å². The Morgan fingerprint density at radius 3 is 3.00 bits per heavy atom. The van der Waals surface area contributed by atoms with Gasteiger partial charge in [0.15, 0.2) is 0 Å². The lowest BCUT2D eigenvalue weighted by molar-refractivity contribution is 0.264. The van der Waals surface area contributed by atoms with Crippen molar-refractivity contribution in [1.82, 2.24) is 9.29 Å². The number of rotatable bonds is 5. The fraction of sp³-hybridized carbons (Fsp3) is 0.583. The Hall–Kier alpha value is -0.980. The van der Waals surface area contributed by atoms with E-state index in [2.05, 4.69) is 4.98 Å². The molecular weight excluding hydrogens is 252 g/mol. The first-order valence-corrected chi connectivity index (χ1v) is 7.63. The van der Waals surface area contributed by atoms with Crippen LogP contribution in [0.3, 0.4) is 0 Å². The summed E-state index contributed by atoms with van der Waals surface area (Å²) in [6.07, 6.45) is 6.07. The quantitative estimate of drug-likeness (QED) is 0.866. The van der Waals surface area contributed by atoms with Crippen LogP contribution in [0.15, 0.2) is 29.4 Å². The van der Waals surface area contributed by atoms with Crippen molar-refractivity contribution in [1.29, 1.82) is 0 Å². The number of pyridine rings is 1. The molecule has 0 aliphatic carbocycles. The molecule has 0 saturated carbocycles. The van der Waals surface area contributed by atoms with E-state index in [1.54, 1.807) is 22.6 Å². The fourth-order valence-electron chi connectivity index (χ4n) is 2.38. The summed E-state index contributed by atoms with van der Waals surface area (Å²) in [6, 6.07) is 3.22. The van der Waals surface area contributed by atoms with Gasteiger partial charge in [-0.25, -0.2) is 8.42 Å². The second kappa shape index (κ2) is 5.77. The van der Waals surface area contributed by atoms with Gasteiger partial charge in [0.2, 0.25) is 10.0 Å². The first kappa shape index (κ1) is 13.5. The minimum absolute atomic E-state index is 0.0161. The van der Waals surface area contributed by atoms with E-state index in [1.807, 2.05) is 0 Å². The topological polar surface area (TPSA) is 70.5 Å². The number of nitrogens with zero attached hydrogens (tertiary/aromatic N) is 2. The number of aliphatic hydroxyl groups is 1. The zero-order valence-electron chi connectivity index (χ0n) is 10.2. The van der Waals surface area contributed by atoms with Crippen molar-refractivity contribution >= 4 is 10.0 Å². The van der Waals surface area contributed by atoms with Crippen LogP contribution < -0.4 is 0 Å². The van der Waals surface area contributed by atoms with Crippen molar-refractivity contribution in [3.63, 3.8) is 0 Å². The average Bonchev–Trinajstić information content (AvgIpc) is 2.86. The number of aromatic nitrogens is 1. The van der Waals surface area contributed by atoms with Crippen LogP contribution in [-0.4, -0.2) is 42.0 Å². The molecule has 1 fully saturated rings. The zero-order valence-corrected chi connectivity index (χ0v) is 11.0. The molecule has 0 radical (unpaired) electrons. The van der Waals surface area contributed by atoms with E-state index in [0.717, 1.165) is 19.3 Å². The summed E-state index contributed by atoms with van der Waals surface area (Å²) in [6.45, 7) is 0.671. The highest BCUT2D eigenvalue weighted by atomic mass is 32.2. The molecular formula is C12H18N2O3S. The van der Waals surface area contributed by atoms with Gasteiger partial charge in [-0.15, -0.1) is 0 Å². The maximum absolute atomic E-state index is 12.4. The van der Waals surface area contributed by atoms with Crippen molar-refractivity contribution in [2.24, 2.45) is 0 Å². The highest BCUT2D eigenvalue weighted by molar-refractivity contribution is 7.89. The van der Waals surface area contributed by atoms with Crippen molar-refractivity contribution in [3.05, 3.63) is 24.5 Å². The lowest BCUT2D eigenvalue weighted by Gasteiger charge is -2.23. The van der Waals surface area contributed by atoms with Gasteiger partial charge in [-0.2, -0.15) is 4.31 Å². The van der Waals surface area contributed by atoms with Gasteiger partial charge in [0.05, 0.1) is 0 Å². The van der Waals surface area contributed by atoms with Gasteiger partial charge in [0.1, 0.15) is 4.90 Å². The number of sulfonamides is 1. The van der Waals surface area contributed by atoms with Crippen LogP contribution in [0.25, 0.3) is 0 Å². The van der Waals surface area contributed by atoms with E-state index in [4.69, 9.17) is 5.11 Å². The summed E-state index contributed by atoms with van der Waals surface area (Å²) >= 11 is 0. The van der Waals surface area contributed by atoms with E-state index in [-0.39, 0.29) is 17.5 Å². The summed E-state index contributed by atoms with van der Waals surface area (Å²) in [5.41, 5.74) is 0. The fourth-order valence-corrected chi connectivity index (χ4v) is 4.06. The third-order valence-electron chi connectivity index (χ3n) is 3.26. The zero-order chi connectivity index (χ0) is 13.0. The van der Waals surface area contributed by atoms with Crippen LogP contribution in [0.1, 0.15) is 25.7 Å². The minimum atomic E-state index is -3.43. The molecule has 1 aliphatic heterocycles. The van der Waals surface area contributed by atoms with E-state index in [1.165, 1.54) is 6.20 Å². The van der Waals surface area contributed by atoms with Gasteiger partial charge in [0.25, 0.3) is 0 Å². The Bertz CT molecular complexity index is 475. The van der Waals surface area contributed by atoms with Gasteiger partial charge in [-0.05, 0) is 37.8 Å². The molecule has 6 heteroatoms. The summed E-state index contributed by atoms with van der Waals surface area (Å²) < 4.78 is 26.4. The van der Waals surface area contributed by atoms with E-state index in [0.29, 0.717) is 13.0 Å². The summed E-state index contributed by atoms with van der Waals surface area (Å²) in [4.78, 5) is 4.11. The molecule has 1 N–H and O–H groups in total. The largest absolute Gasteiger partial charge is 0.396 e. The Kier molecular flexibility index (Phi) is 4.31. The van der Waals surface area contributed by atoms with Crippen molar-refractivity contribution < 1.29 is 13.5 Å². The molecule has 1 aliphatic rings. The van der Waals surface area contributed by atoms with E-state index < -0.39 is 10.0 Å². The van der Waals surface area contributed by atoms with Gasteiger partial charge >= 0.3 is 0 Å². The van der Waals surface area contributed by atoms with Crippen LogP contribution >= 0.6 is 0 Å². The molecule has 1 atom stereocenters. The lowest BCUT2D eigenvalue weighted by atomic mass is 10.1. The van der Waals surface area contributed by atoms with Crippen LogP contribution in [-0.2, 0) is 10.0 Å². The van der Waals surface area contributed by atoms with E-state index >= 15 is 0 Å². The van der Waals surface area contributed by atoms with Gasteiger partial charge in [-0.3, -0.25) is 4.98 Å². The number of hydrogen-bond acceptors (Lipinski definition) is 4. The SMILES string of the molecule is O=S(=O)(c1cccnc1)N1CCCC1CCCO. The Labute approximate surface area is 108 Å².